The third-order valence-corrected chi connectivity index (χ3v) is 3.74. The fourth-order valence-corrected chi connectivity index (χ4v) is 2.89. The van der Waals surface area contributed by atoms with Crippen molar-refractivity contribution in [3.05, 3.63) is 57.9 Å². The maximum Gasteiger partial charge on any atom is 0.336 e. The molecule has 0 aliphatic rings. The summed E-state index contributed by atoms with van der Waals surface area (Å²) in [6.07, 6.45) is 0. The molecule has 0 atom stereocenters. The van der Waals surface area contributed by atoms with Crippen LogP contribution >= 0.6 is 0 Å². The quantitative estimate of drug-likeness (QED) is 0.444. The second kappa shape index (κ2) is 3.73. The predicted octanol–water partition coefficient (Wildman–Crippen LogP) is 4.31. The summed E-state index contributed by atoms with van der Waals surface area (Å²) in [5.74, 6) is 0. The zero-order valence-corrected chi connectivity index (χ0v) is 11.2. The molecule has 20 heavy (non-hydrogen) atoms. The first-order valence-corrected chi connectivity index (χ1v) is 6.50. The fraction of sp³-hybridized carbons (Fsp3) is 0.118. The average molecular weight is 264 g/mol. The molecule has 2 heterocycles. The molecule has 0 saturated carbocycles. The molecule has 0 unspecified atom stereocenters. The van der Waals surface area contributed by atoms with Gasteiger partial charge in [-0.3, -0.25) is 0 Å². The molecule has 4 rings (SSSR count). The summed E-state index contributed by atoms with van der Waals surface area (Å²) in [4.78, 5) is 11.6. The van der Waals surface area contributed by atoms with Crippen LogP contribution in [0.5, 0.6) is 0 Å². The Labute approximate surface area is 114 Å². The van der Waals surface area contributed by atoms with E-state index in [0.717, 1.165) is 38.5 Å². The highest BCUT2D eigenvalue weighted by molar-refractivity contribution is 6.19. The van der Waals surface area contributed by atoms with Crippen LogP contribution in [-0.2, 0) is 0 Å². The first-order chi connectivity index (χ1) is 9.65. The summed E-state index contributed by atoms with van der Waals surface area (Å²) in [6, 6.07) is 11.3. The van der Waals surface area contributed by atoms with Gasteiger partial charge in [0.15, 0.2) is 0 Å². The van der Waals surface area contributed by atoms with E-state index < -0.39 is 0 Å². The standard InChI is InChI=1S/C17H12O3/c1-9-8-14(18)19-13-7-10(2)17-16(15(9)13)11-5-3-4-6-12(11)20-17/h3-8H,1-2H3. The highest BCUT2D eigenvalue weighted by Gasteiger charge is 2.15. The molecule has 0 fully saturated rings. The lowest BCUT2D eigenvalue weighted by Gasteiger charge is -2.04. The number of benzene rings is 2. The summed E-state index contributed by atoms with van der Waals surface area (Å²) in [5.41, 5.74) is 3.89. The van der Waals surface area contributed by atoms with Gasteiger partial charge < -0.3 is 8.83 Å². The van der Waals surface area contributed by atoms with Crippen LogP contribution in [0.25, 0.3) is 32.9 Å². The molecule has 3 heteroatoms. The van der Waals surface area contributed by atoms with E-state index in [1.165, 1.54) is 6.07 Å². The van der Waals surface area contributed by atoms with Crippen molar-refractivity contribution in [1.29, 1.82) is 0 Å². The van der Waals surface area contributed by atoms with Crippen LogP contribution in [0.3, 0.4) is 0 Å². The second-order valence-corrected chi connectivity index (χ2v) is 5.12. The fourth-order valence-electron chi connectivity index (χ4n) is 2.89. The normalized spacial score (nSPS) is 11.7. The number of hydrogen-bond acceptors (Lipinski definition) is 3. The first kappa shape index (κ1) is 11.3. The maximum atomic E-state index is 11.6. The average Bonchev–Trinajstić information content (AvgIpc) is 2.78. The molecule has 0 spiro atoms. The van der Waals surface area contributed by atoms with Gasteiger partial charge in [0, 0.05) is 22.2 Å². The SMILES string of the molecule is Cc1cc2oc(=O)cc(C)c2c2c1oc1ccccc12. The Kier molecular flexibility index (Phi) is 2.11. The van der Waals surface area contributed by atoms with Crippen LogP contribution in [0.1, 0.15) is 11.1 Å². The molecule has 0 aliphatic heterocycles. The molecule has 0 aliphatic carbocycles. The van der Waals surface area contributed by atoms with E-state index in [2.05, 4.69) is 0 Å². The van der Waals surface area contributed by atoms with E-state index in [-0.39, 0.29) is 5.63 Å². The maximum absolute atomic E-state index is 11.6. The minimum absolute atomic E-state index is 0.318. The van der Waals surface area contributed by atoms with Crippen LogP contribution in [0.2, 0.25) is 0 Å². The Morgan fingerprint density at radius 1 is 0.850 bits per heavy atom. The largest absolute Gasteiger partial charge is 0.456 e. The van der Waals surface area contributed by atoms with Crippen molar-refractivity contribution in [3.8, 4) is 0 Å². The Balaban J connectivity index is 2.43. The van der Waals surface area contributed by atoms with Crippen molar-refractivity contribution >= 4 is 32.9 Å². The smallest absolute Gasteiger partial charge is 0.336 e. The van der Waals surface area contributed by atoms with Gasteiger partial charge in [0.25, 0.3) is 0 Å². The predicted molar refractivity (Wildman–Crippen MR) is 79.2 cm³/mol. The minimum atomic E-state index is -0.318. The van der Waals surface area contributed by atoms with Crippen LogP contribution in [0, 0.1) is 13.8 Å². The van der Waals surface area contributed by atoms with Crippen molar-refractivity contribution in [2.75, 3.05) is 0 Å². The molecule has 4 aromatic rings. The van der Waals surface area contributed by atoms with Crippen LogP contribution in [0.15, 0.2) is 50.0 Å². The molecular formula is C17H12O3. The van der Waals surface area contributed by atoms with Crippen molar-refractivity contribution in [2.24, 2.45) is 0 Å². The Bertz CT molecular complexity index is 1030. The van der Waals surface area contributed by atoms with E-state index in [9.17, 15) is 4.79 Å². The third kappa shape index (κ3) is 1.37. The van der Waals surface area contributed by atoms with Gasteiger partial charge in [-0.05, 0) is 37.1 Å². The van der Waals surface area contributed by atoms with Gasteiger partial charge in [-0.15, -0.1) is 0 Å². The van der Waals surface area contributed by atoms with E-state index in [1.54, 1.807) is 0 Å². The summed E-state index contributed by atoms with van der Waals surface area (Å²) >= 11 is 0. The lowest BCUT2D eigenvalue weighted by molar-refractivity contribution is 0.559. The molecule has 0 N–H and O–H groups in total. The van der Waals surface area contributed by atoms with Crippen LogP contribution in [-0.4, -0.2) is 0 Å². The van der Waals surface area contributed by atoms with Crippen molar-refractivity contribution < 1.29 is 8.83 Å². The second-order valence-electron chi connectivity index (χ2n) is 5.12. The molecule has 98 valence electrons. The topological polar surface area (TPSA) is 43.4 Å². The molecule has 0 bridgehead atoms. The summed E-state index contributed by atoms with van der Waals surface area (Å²) < 4.78 is 11.3. The van der Waals surface area contributed by atoms with E-state index >= 15 is 0 Å². The van der Waals surface area contributed by atoms with Gasteiger partial charge >= 0.3 is 5.63 Å². The number of rotatable bonds is 0. The first-order valence-electron chi connectivity index (χ1n) is 6.50. The van der Waals surface area contributed by atoms with E-state index in [1.807, 2.05) is 44.2 Å². The number of fused-ring (bicyclic) bond motifs is 5. The van der Waals surface area contributed by atoms with Crippen molar-refractivity contribution in [2.45, 2.75) is 13.8 Å². The van der Waals surface area contributed by atoms with Gasteiger partial charge in [0.05, 0.1) is 0 Å². The van der Waals surface area contributed by atoms with Gasteiger partial charge in [-0.25, -0.2) is 4.79 Å². The summed E-state index contributed by atoms with van der Waals surface area (Å²) in [7, 11) is 0. The molecule has 3 nitrogen and oxygen atoms in total. The number of hydrogen-bond donors (Lipinski definition) is 0. The Morgan fingerprint density at radius 3 is 2.50 bits per heavy atom. The van der Waals surface area contributed by atoms with Crippen LogP contribution < -0.4 is 5.63 Å². The van der Waals surface area contributed by atoms with Crippen molar-refractivity contribution in [1.82, 2.24) is 0 Å². The molecule has 0 radical (unpaired) electrons. The van der Waals surface area contributed by atoms with E-state index in [4.69, 9.17) is 8.83 Å². The highest BCUT2D eigenvalue weighted by Crippen LogP contribution is 2.37. The third-order valence-electron chi connectivity index (χ3n) is 3.74. The zero-order chi connectivity index (χ0) is 13.9. The monoisotopic (exact) mass is 264 g/mol. The molecule has 0 saturated heterocycles. The lowest BCUT2D eigenvalue weighted by Crippen LogP contribution is -1.98. The van der Waals surface area contributed by atoms with Crippen molar-refractivity contribution in [3.63, 3.8) is 0 Å². The Morgan fingerprint density at radius 2 is 1.65 bits per heavy atom. The molecule has 0 amide bonds. The van der Waals surface area contributed by atoms with E-state index in [0.29, 0.717) is 5.58 Å². The van der Waals surface area contributed by atoms with Gasteiger partial charge in [-0.1, -0.05) is 18.2 Å². The number of furan rings is 1. The summed E-state index contributed by atoms with van der Waals surface area (Å²) in [5, 5.41) is 3.03. The molecular weight excluding hydrogens is 252 g/mol. The Hall–Kier alpha value is -2.55. The zero-order valence-electron chi connectivity index (χ0n) is 11.2. The number of para-hydroxylation sites is 1. The minimum Gasteiger partial charge on any atom is -0.456 e. The highest BCUT2D eigenvalue weighted by atomic mass is 16.4. The summed E-state index contributed by atoms with van der Waals surface area (Å²) in [6.45, 7) is 3.89. The molecule has 2 aromatic carbocycles. The van der Waals surface area contributed by atoms with Crippen LogP contribution in [0.4, 0.5) is 0 Å². The van der Waals surface area contributed by atoms with Gasteiger partial charge in [-0.2, -0.15) is 0 Å². The van der Waals surface area contributed by atoms with Gasteiger partial charge in [0.2, 0.25) is 0 Å². The lowest BCUT2D eigenvalue weighted by atomic mass is 10.0. The molecule has 2 aromatic heterocycles. The number of aryl methyl sites for hydroxylation is 2. The van der Waals surface area contributed by atoms with Gasteiger partial charge in [0.1, 0.15) is 16.7 Å².